The zero-order valence-corrected chi connectivity index (χ0v) is 13.4. The third-order valence-electron chi connectivity index (χ3n) is 5.48. The zero-order chi connectivity index (χ0) is 14.8. The van der Waals surface area contributed by atoms with Crippen molar-refractivity contribution in [2.75, 3.05) is 26.7 Å². The van der Waals surface area contributed by atoms with Crippen molar-refractivity contribution < 1.29 is 5.11 Å². The Balaban J connectivity index is 1.74. The molecule has 0 aromatic heterocycles. The van der Waals surface area contributed by atoms with Gasteiger partial charge in [0.15, 0.2) is 0 Å². The Morgan fingerprint density at radius 2 is 2.00 bits per heavy atom. The minimum atomic E-state index is 0.412. The molecule has 3 heteroatoms. The highest BCUT2D eigenvalue weighted by Crippen LogP contribution is 2.37. The molecule has 0 spiro atoms. The molecule has 3 nitrogen and oxygen atoms in total. The van der Waals surface area contributed by atoms with Gasteiger partial charge in [-0.05, 0) is 82.0 Å². The molecule has 1 atom stereocenters. The van der Waals surface area contributed by atoms with Crippen LogP contribution in [-0.4, -0.2) is 47.6 Å². The molecule has 2 aliphatic rings. The number of rotatable bonds is 3. The lowest BCUT2D eigenvalue weighted by Gasteiger charge is -2.42. The highest BCUT2D eigenvalue weighted by atomic mass is 16.3. The molecule has 0 radical (unpaired) electrons. The zero-order valence-electron chi connectivity index (χ0n) is 13.4. The molecule has 116 valence electrons. The first-order valence-corrected chi connectivity index (χ1v) is 8.45. The van der Waals surface area contributed by atoms with Gasteiger partial charge in [-0.15, -0.1) is 0 Å². The summed E-state index contributed by atoms with van der Waals surface area (Å²) < 4.78 is 0. The minimum Gasteiger partial charge on any atom is -0.508 e. The Bertz CT molecular complexity index is 480. The number of phenolic OH excluding ortho intramolecular Hbond substituents is 1. The van der Waals surface area contributed by atoms with Crippen molar-refractivity contribution in [3.05, 3.63) is 29.3 Å². The summed E-state index contributed by atoms with van der Waals surface area (Å²) in [7, 11) is 2.29. The molecular formula is C18H28N2O. The van der Waals surface area contributed by atoms with Crippen molar-refractivity contribution in [1.29, 1.82) is 0 Å². The van der Waals surface area contributed by atoms with E-state index in [1.54, 1.807) is 0 Å². The lowest BCUT2D eigenvalue weighted by Crippen LogP contribution is -2.45. The molecule has 1 N–H and O–H groups in total. The topological polar surface area (TPSA) is 26.7 Å². The summed E-state index contributed by atoms with van der Waals surface area (Å²) in [6.07, 6.45) is 6.19. The number of piperidine rings is 1. The number of phenols is 1. The van der Waals surface area contributed by atoms with E-state index in [0.29, 0.717) is 17.8 Å². The standard InChI is InChI=1S/C18H28N2O/c1-3-20-11-9-15(10-12-20)19(2)18-6-4-5-14-7-8-16(21)13-17(14)18/h7-8,13,15,18,21H,3-6,9-12H2,1-2H3. The van der Waals surface area contributed by atoms with Gasteiger partial charge in [-0.3, -0.25) is 4.90 Å². The van der Waals surface area contributed by atoms with E-state index in [-0.39, 0.29) is 0 Å². The summed E-state index contributed by atoms with van der Waals surface area (Å²) >= 11 is 0. The van der Waals surface area contributed by atoms with E-state index >= 15 is 0 Å². The summed E-state index contributed by atoms with van der Waals surface area (Å²) in [5.41, 5.74) is 2.79. The van der Waals surface area contributed by atoms with Crippen LogP contribution in [0.5, 0.6) is 5.75 Å². The molecule has 1 aromatic carbocycles. The van der Waals surface area contributed by atoms with Crippen molar-refractivity contribution in [3.63, 3.8) is 0 Å². The molecule has 1 heterocycles. The van der Waals surface area contributed by atoms with Crippen LogP contribution in [-0.2, 0) is 6.42 Å². The molecule has 3 rings (SSSR count). The molecule has 1 unspecified atom stereocenters. The molecule has 1 saturated heterocycles. The van der Waals surface area contributed by atoms with E-state index in [0.717, 1.165) is 6.42 Å². The van der Waals surface area contributed by atoms with Crippen LogP contribution in [0.1, 0.15) is 49.8 Å². The number of aryl methyl sites for hydroxylation is 1. The maximum absolute atomic E-state index is 9.84. The predicted molar refractivity (Wildman–Crippen MR) is 86.7 cm³/mol. The average Bonchev–Trinajstić information content (AvgIpc) is 2.53. The first-order valence-electron chi connectivity index (χ1n) is 8.45. The van der Waals surface area contributed by atoms with Crippen molar-refractivity contribution >= 4 is 0 Å². The van der Waals surface area contributed by atoms with E-state index in [1.165, 1.54) is 56.4 Å². The Morgan fingerprint density at radius 1 is 1.24 bits per heavy atom. The van der Waals surface area contributed by atoms with Gasteiger partial charge in [0.2, 0.25) is 0 Å². The van der Waals surface area contributed by atoms with E-state index in [4.69, 9.17) is 0 Å². The van der Waals surface area contributed by atoms with Gasteiger partial charge >= 0.3 is 0 Å². The SMILES string of the molecule is CCN1CCC(N(C)C2CCCc3ccc(O)cc32)CC1. The summed E-state index contributed by atoms with van der Waals surface area (Å²) in [5, 5.41) is 9.84. The van der Waals surface area contributed by atoms with Crippen LogP contribution in [0.15, 0.2) is 18.2 Å². The second-order valence-electron chi connectivity index (χ2n) is 6.62. The Morgan fingerprint density at radius 3 is 2.71 bits per heavy atom. The number of likely N-dealkylation sites (tertiary alicyclic amines) is 1. The number of hydrogen-bond acceptors (Lipinski definition) is 3. The largest absolute Gasteiger partial charge is 0.508 e. The lowest BCUT2D eigenvalue weighted by molar-refractivity contribution is 0.0908. The van der Waals surface area contributed by atoms with Crippen LogP contribution >= 0.6 is 0 Å². The molecule has 1 aliphatic carbocycles. The van der Waals surface area contributed by atoms with E-state index in [2.05, 4.69) is 29.8 Å². The van der Waals surface area contributed by atoms with Crippen molar-refractivity contribution in [2.24, 2.45) is 0 Å². The monoisotopic (exact) mass is 288 g/mol. The fourth-order valence-electron chi connectivity index (χ4n) is 4.08. The van der Waals surface area contributed by atoms with E-state index in [1.807, 2.05) is 12.1 Å². The third-order valence-corrected chi connectivity index (χ3v) is 5.48. The Labute approximate surface area is 128 Å². The quantitative estimate of drug-likeness (QED) is 0.925. The first-order chi connectivity index (χ1) is 10.2. The van der Waals surface area contributed by atoms with Gasteiger partial charge < -0.3 is 10.0 Å². The third kappa shape index (κ3) is 3.09. The molecule has 1 fully saturated rings. The van der Waals surface area contributed by atoms with Gasteiger partial charge in [-0.25, -0.2) is 0 Å². The van der Waals surface area contributed by atoms with Crippen molar-refractivity contribution in [1.82, 2.24) is 9.80 Å². The predicted octanol–water partition coefficient (Wildman–Crippen LogP) is 3.19. The Kier molecular flexibility index (Phi) is 4.51. The number of aromatic hydroxyl groups is 1. The second-order valence-corrected chi connectivity index (χ2v) is 6.62. The van der Waals surface area contributed by atoms with Crippen molar-refractivity contribution in [3.8, 4) is 5.75 Å². The summed E-state index contributed by atoms with van der Waals surface area (Å²) in [6.45, 7) is 5.89. The maximum atomic E-state index is 9.84. The number of fused-ring (bicyclic) bond motifs is 1. The van der Waals surface area contributed by atoms with Crippen LogP contribution in [0, 0.1) is 0 Å². The molecule has 0 amide bonds. The first kappa shape index (κ1) is 14.9. The molecule has 0 bridgehead atoms. The summed E-state index contributed by atoms with van der Waals surface area (Å²) in [5.74, 6) is 0.412. The number of hydrogen-bond donors (Lipinski definition) is 1. The average molecular weight is 288 g/mol. The fraction of sp³-hybridized carbons (Fsp3) is 0.667. The molecule has 0 saturated carbocycles. The van der Waals surface area contributed by atoms with Gasteiger partial charge in [0.25, 0.3) is 0 Å². The Hall–Kier alpha value is -1.06. The summed E-state index contributed by atoms with van der Waals surface area (Å²) in [6, 6.07) is 7.12. The van der Waals surface area contributed by atoms with Gasteiger partial charge in [0.05, 0.1) is 0 Å². The second kappa shape index (κ2) is 6.37. The minimum absolute atomic E-state index is 0.412. The fourth-order valence-corrected chi connectivity index (χ4v) is 4.08. The summed E-state index contributed by atoms with van der Waals surface area (Å²) in [4.78, 5) is 5.13. The highest BCUT2D eigenvalue weighted by molar-refractivity contribution is 5.38. The van der Waals surface area contributed by atoms with Crippen LogP contribution in [0.2, 0.25) is 0 Å². The van der Waals surface area contributed by atoms with Crippen LogP contribution in [0.3, 0.4) is 0 Å². The van der Waals surface area contributed by atoms with Gasteiger partial charge in [0, 0.05) is 12.1 Å². The van der Waals surface area contributed by atoms with Gasteiger partial charge in [-0.2, -0.15) is 0 Å². The maximum Gasteiger partial charge on any atom is 0.115 e. The van der Waals surface area contributed by atoms with Gasteiger partial charge in [-0.1, -0.05) is 13.0 Å². The molecule has 1 aromatic rings. The lowest BCUT2D eigenvalue weighted by atomic mass is 9.85. The normalized spacial score (nSPS) is 24.2. The molecule has 1 aliphatic heterocycles. The smallest absolute Gasteiger partial charge is 0.115 e. The number of benzene rings is 1. The van der Waals surface area contributed by atoms with E-state index < -0.39 is 0 Å². The molecular weight excluding hydrogens is 260 g/mol. The van der Waals surface area contributed by atoms with Crippen LogP contribution in [0.25, 0.3) is 0 Å². The van der Waals surface area contributed by atoms with Crippen molar-refractivity contribution in [2.45, 2.75) is 51.1 Å². The van der Waals surface area contributed by atoms with E-state index in [9.17, 15) is 5.11 Å². The highest BCUT2D eigenvalue weighted by Gasteiger charge is 2.30. The van der Waals surface area contributed by atoms with Crippen LogP contribution in [0.4, 0.5) is 0 Å². The molecule has 21 heavy (non-hydrogen) atoms. The van der Waals surface area contributed by atoms with Gasteiger partial charge in [0.1, 0.15) is 5.75 Å². The number of nitrogens with zero attached hydrogens (tertiary/aromatic N) is 2. The van der Waals surface area contributed by atoms with Crippen LogP contribution < -0.4 is 0 Å².